The minimum atomic E-state index is -0.914. The van der Waals surface area contributed by atoms with Crippen molar-refractivity contribution in [3.63, 3.8) is 0 Å². The fourth-order valence-electron chi connectivity index (χ4n) is 4.26. The molecular weight excluding hydrogens is 320 g/mol. The summed E-state index contributed by atoms with van der Waals surface area (Å²) in [6, 6.07) is 6.08. The highest BCUT2D eigenvalue weighted by Gasteiger charge is 2.49. The van der Waals surface area contributed by atoms with Crippen molar-refractivity contribution in [2.24, 2.45) is 11.8 Å². The highest BCUT2D eigenvalue weighted by Crippen LogP contribution is 2.42. The third-order valence-electron chi connectivity index (χ3n) is 5.71. The van der Waals surface area contributed by atoms with Gasteiger partial charge in [0.2, 0.25) is 0 Å². The molecule has 3 atom stereocenters. The molecule has 3 unspecified atom stereocenters. The van der Waals surface area contributed by atoms with Gasteiger partial charge in [-0.3, -0.25) is 9.59 Å². The topological polar surface area (TPSA) is 86.7 Å². The van der Waals surface area contributed by atoms with E-state index in [4.69, 9.17) is 0 Å². The Labute approximate surface area is 146 Å². The predicted octanol–water partition coefficient (Wildman–Crippen LogP) is 1.90. The molecule has 2 saturated carbocycles. The first kappa shape index (κ1) is 16.1. The van der Waals surface area contributed by atoms with Gasteiger partial charge in [0.1, 0.15) is 6.04 Å². The van der Waals surface area contributed by atoms with Crippen LogP contribution in [0.4, 0.5) is 0 Å². The van der Waals surface area contributed by atoms with E-state index in [0.29, 0.717) is 23.6 Å². The van der Waals surface area contributed by atoms with Gasteiger partial charge in [-0.2, -0.15) is 0 Å². The van der Waals surface area contributed by atoms with Crippen LogP contribution >= 0.6 is 0 Å². The summed E-state index contributed by atoms with van der Waals surface area (Å²) >= 11 is 0. The summed E-state index contributed by atoms with van der Waals surface area (Å²) in [6.07, 6.45) is 4.97. The number of fused-ring (bicyclic) bond motifs is 1. The number of hydrogen-bond donors (Lipinski definition) is 2. The molecule has 0 bridgehead atoms. The summed E-state index contributed by atoms with van der Waals surface area (Å²) in [5.41, 5.74) is 0.964. The Kier molecular flexibility index (Phi) is 3.98. The molecule has 1 heterocycles. The average molecular weight is 342 g/mol. The van der Waals surface area contributed by atoms with E-state index in [0.717, 1.165) is 32.1 Å². The van der Waals surface area contributed by atoms with Crippen molar-refractivity contribution in [3.8, 4) is 0 Å². The van der Waals surface area contributed by atoms with Crippen LogP contribution in [0.2, 0.25) is 0 Å². The molecular formula is C19H22N2O4. The lowest BCUT2D eigenvalue weighted by Gasteiger charge is -2.24. The molecule has 1 aromatic rings. The summed E-state index contributed by atoms with van der Waals surface area (Å²) in [5, 5.41) is 12.5. The van der Waals surface area contributed by atoms with E-state index in [-0.39, 0.29) is 23.8 Å². The molecule has 1 aromatic carbocycles. The van der Waals surface area contributed by atoms with Crippen LogP contribution in [0.1, 0.15) is 52.8 Å². The van der Waals surface area contributed by atoms with Crippen LogP contribution < -0.4 is 5.32 Å². The van der Waals surface area contributed by atoms with Crippen molar-refractivity contribution in [1.29, 1.82) is 0 Å². The molecule has 25 heavy (non-hydrogen) atoms. The molecule has 0 radical (unpaired) electrons. The number of hydrogen-bond acceptors (Lipinski definition) is 3. The van der Waals surface area contributed by atoms with Gasteiger partial charge < -0.3 is 15.3 Å². The van der Waals surface area contributed by atoms with Crippen molar-refractivity contribution in [1.82, 2.24) is 10.2 Å². The quantitative estimate of drug-likeness (QED) is 0.875. The minimum Gasteiger partial charge on any atom is -0.480 e. The monoisotopic (exact) mass is 342 g/mol. The van der Waals surface area contributed by atoms with Crippen molar-refractivity contribution in [3.05, 3.63) is 35.4 Å². The zero-order valence-corrected chi connectivity index (χ0v) is 14.0. The molecule has 0 spiro atoms. The smallest absolute Gasteiger partial charge is 0.326 e. The Morgan fingerprint density at radius 2 is 1.68 bits per heavy atom. The van der Waals surface area contributed by atoms with E-state index in [1.807, 2.05) is 0 Å². The van der Waals surface area contributed by atoms with Crippen molar-refractivity contribution >= 4 is 17.8 Å². The van der Waals surface area contributed by atoms with Crippen molar-refractivity contribution < 1.29 is 19.5 Å². The third kappa shape index (κ3) is 3.01. The van der Waals surface area contributed by atoms with Crippen LogP contribution in [-0.4, -0.2) is 46.4 Å². The summed E-state index contributed by atoms with van der Waals surface area (Å²) in [7, 11) is 0. The van der Waals surface area contributed by atoms with Gasteiger partial charge in [-0.05, 0) is 61.8 Å². The Bertz CT molecular complexity index is 711. The molecule has 132 valence electrons. The lowest BCUT2D eigenvalue weighted by molar-refractivity contribution is -0.142. The standard InChI is InChI=1S/C19H22N2O4/c22-17(20-14-8-9-14)11-4-6-12(7-5-11)18(23)21-10-13-2-1-3-15(13)16(21)19(24)25/h4-7,13-16H,1-3,8-10H2,(H,20,22)(H,24,25). The Hall–Kier alpha value is -2.37. The molecule has 2 N–H and O–H groups in total. The number of carbonyl (C=O) groups is 3. The van der Waals surface area contributed by atoms with Crippen molar-refractivity contribution in [2.75, 3.05) is 6.54 Å². The van der Waals surface area contributed by atoms with Gasteiger partial charge in [0.05, 0.1) is 0 Å². The number of likely N-dealkylation sites (tertiary alicyclic amines) is 1. The molecule has 1 aliphatic heterocycles. The number of amides is 2. The molecule has 2 amide bonds. The lowest BCUT2D eigenvalue weighted by Crippen LogP contribution is -2.43. The molecule has 3 fully saturated rings. The van der Waals surface area contributed by atoms with Gasteiger partial charge in [0, 0.05) is 23.7 Å². The van der Waals surface area contributed by atoms with E-state index in [1.165, 1.54) is 4.90 Å². The largest absolute Gasteiger partial charge is 0.480 e. The Morgan fingerprint density at radius 1 is 1.00 bits per heavy atom. The van der Waals surface area contributed by atoms with Gasteiger partial charge in [-0.1, -0.05) is 6.42 Å². The van der Waals surface area contributed by atoms with Gasteiger partial charge in [-0.15, -0.1) is 0 Å². The SMILES string of the molecule is O=C(NC1CC1)c1ccc(C(=O)N2CC3CCCC3C2C(=O)O)cc1. The zero-order chi connectivity index (χ0) is 17.6. The van der Waals surface area contributed by atoms with Crippen molar-refractivity contribution in [2.45, 2.75) is 44.2 Å². The predicted molar refractivity (Wildman–Crippen MR) is 90.2 cm³/mol. The first-order chi connectivity index (χ1) is 12.0. The highest BCUT2D eigenvalue weighted by molar-refractivity contribution is 5.99. The van der Waals surface area contributed by atoms with Crippen LogP contribution in [0.15, 0.2) is 24.3 Å². The molecule has 3 aliphatic rings. The maximum absolute atomic E-state index is 12.8. The van der Waals surface area contributed by atoms with E-state index in [9.17, 15) is 19.5 Å². The molecule has 1 saturated heterocycles. The molecule has 6 heteroatoms. The Morgan fingerprint density at radius 3 is 2.32 bits per heavy atom. The summed E-state index contributed by atoms with van der Waals surface area (Å²) in [5.74, 6) is -0.918. The number of benzene rings is 1. The lowest BCUT2D eigenvalue weighted by atomic mass is 9.94. The number of carbonyl (C=O) groups excluding carboxylic acids is 2. The van der Waals surface area contributed by atoms with Gasteiger partial charge >= 0.3 is 5.97 Å². The average Bonchev–Trinajstić information content (AvgIpc) is 3.16. The van der Waals surface area contributed by atoms with E-state index < -0.39 is 12.0 Å². The summed E-state index contributed by atoms with van der Waals surface area (Å²) < 4.78 is 0. The molecule has 6 nitrogen and oxygen atoms in total. The summed E-state index contributed by atoms with van der Waals surface area (Å²) in [6.45, 7) is 0.518. The number of carboxylic acids is 1. The Balaban J connectivity index is 1.50. The number of carboxylic acid groups (broad SMARTS) is 1. The maximum Gasteiger partial charge on any atom is 0.326 e. The van der Waals surface area contributed by atoms with Crippen LogP contribution in [0.3, 0.4) is 0 Å². The fourth-order valence-corrected chi connectivity index (χ4v) is 4.26. The van der Waals surface area contributed by atoms with Crippen LogP contribution in [-0.2, 0) is 4.79 Å². The normalized spacial score (nSPS) is 27.8. The molecule has 0 aromatic heterocycles. The van der Waals surface area contributed by atoms with Crippen LogP contribution in [0.25, 0.3) is 0 Å². The molecule has 4 rings (SSSR count). The molecule has 2 aliphatic carbocycles. The van der Waals surface area contributed by atoms with Gasteiger partial charge in [0.15, 0.2) is 0 Å². The third-order valence-corrected chi connectivity index (χ3v) is 5.71. The van der Waals surface area contributed by atoms with Crippen LogP contribution in [0, 0.1) is 11.8 Å². The number of rotatable bonds is 4. The second-order valence-corrected chi connectivity index (χ2v) is 7.42. The first-order valence-corrected chi connectivity index (χ1v) is 8.99. The number of nitrogens with one attached hydrogen (secondary N) is 1. The highest BCUT2D eigenvalue weighted by atomic mass is 16.4. The second kappa shape index (κ2) is 6.17. The summed E-state index contributed by atoms with van der Waals surface area (Å²) in [4.78, 5) is 38.1. The number of aliphatic carboxylic acids is 1. The van der Waals surface area contributed by atoms with Crippen LogP contribution in [0.5, 0.6) is 0 Å². The maximum atomic E-state index is 12.8. The first-order valence-electron chi connectivity index (χ1n) is 8.99. The zero-order valence-electron chi connectivity index (χ0n) is 14.0. The van der Waals surface area contributed by atoms with Gasteiger partial charge in [0.25, 0.3) is 11.8 Å². The van der Waals surface area contributed by atoms with E-state index in [1.54, 1.807) is 24.3 Å². The van der Waals surface area contributed by atoms with E-state index >= 15 is 0 Å². The van der Waals surface area contributed by atoms with E-state index in [2.05, 4.69) is 5.32 Å². The number of nitrogens with zero attached hydrogens (tertiary/aromatic N) is 1. The second-order valence-electron chi connectivity index (χ2n) is 7.42. The fraction of sp³-hybridized carbons (Fsp3) is 0.526. The van der Waals surface area contributed by atoms with Gasteiger partial charge in [-0.25, -0.2) is 4.79 Å². The minimum absolute atomic E-state index is 0.0741.